The van der Waals surface area contributed by atoms with Crippen molar-refractivity contribution in [3.05, 3.63) is 45.6 Å². The van der Waals surface area contributed by atoms with Gasteiger partial charge in [-0.25, -0.2) is 4.79 Å². The Bertz CT molecular complexity index is 555. The summed E-state index contributed by atoms with van der Waals surface area (Å²) in [5, 5.41) is 9.45. The van der Waals surface area contributed by atoms with Gasteiger partial charge in [0.1, 0.15) is 0 Å². The second-order valence-electron chi connectivity index (χ2n) is 4.25. The van der Waals surface area contributed by atoms with E-state index in [9.17, 15) is 9.90 Å². The summed E-state index contributed by atoms with van der Waals surface area (Å²) in [5.41, 5.74) is 2.37. The van der Waals surface area contributed by atoms with E-state index in [0.29, 0.717) is 5.56 Å². The number of hydrogen-bond acceptors (Lipinski definition) is 2. The summed E-state index contributed by atoms with van der Waals surface area (Å²) in [6.07, 6.45) is 1.80. The van der Waals surface area contributed by atoms with Gasteiger partial charge >= 0.3 is 5.97 Å². The van der Waals surface area contributed by atoms with Crippen molar-refractivity contribution in [3.63, 3.8) is 0 Å². The molecule has 3 heteroatoms. The van der Waals surface area contributed by atoms with Crippen LogP contribution in [0.5, 0.6) is 0 Å². The average Bonchev–Trinajstić information content (AvgIpc) is 2.67. The van der Waals surface area contributed by atoms with Crippen LogP contribution in [-0.4, -0.2) is 11.1 Å². The van der Waals surface area contributed by atoms with Crippen LogP contribution in [0.3, 0.4) is 0 Å². The van der Waals surface area contributed by atoms with Crippen LogP contribution in [0.2, 0.25) is 0 Å². The van der Waals surface area contributed by atoms with E-state index >= 15 is 0 Å². The summed E-state index contributed by atoms with van der Waals surface area (Å²) >= 11 is 1.61. The Morgan fingerprint density at radius 1 is 1.28 bits per heavy atom. The molecule has 0 saturated carbocycles. The molecule has 0 unspecified atom stereocenters. The van der Waals surface area contributed by atoms with Gasteiger partial charge in [0.05, 0.1) is 5.56 Å². The molecule has 0 aliphatic heterocycles. The van der Waals surface area contributed by atoms with Crippen LogP contribution >= 0.6 is 11.3 Å². The molecule has 94 valence electrons. The second-order valence-corrected chi connectivity index (χ2v) is 5.56. The summed E-state index contributed by atoms with van der Waals surface area (Å²) in [6.45, 7) is 4.07. The van der Waals surface area contributed by atoms with E-state index in [-0.39, 0.29) is 0 Å². The number of hydrogen-bond donors (Lipinski definition) is 1. The topological polar surface area (TPSA) is 37.3 Å². The van der Waals surface area contributed by atoms with Crippen LogP contribution in [0.25, 0.3) is 11.1 Å². The first-order chi connectivity index (χ1) is 8.65. The minimum absolute atomic E-state index is 0.491. The third kappa shape index (κ3) is 2.31. The van der Waals surface area contributed by atoms with Gasteiger partial charge in [-0.1, -0.05) is 43.7 Å². The van der Waals surface area contributed by atoms with E-state index in [2.05, 4.69) is 6.92 Å². The van der Waals surface area contributed by atoms with Gasteiger partial charge < -0.3 is 5.11 Å². The van der Waals surface area contributed by atoms with Crippen LogP contribution in [-0.2, 0) is 6.42 Å². The number of carboxylic acid groups (broad SMARTS) is 1. The quantitative estimate of drug-likeness (QED) is 0.886. The molecule has 2 aromatic rings. The first-order valence-electron chi connectivity index (χ1n) is 6.06. The van der Waals surface area contributed by atoms with Gasteiger partial charge in [0, 0.05) is 15.3 Å². The van der Waals surface area contributed by atoms with E-state index in [1.807, 2.05) is 37.3 Å². The number of thiophene rings is 1. The number of carbonyl (C=O) groups is 1. The Balaban J connectivity index is 2.63. The third-order valence-corrected chi connectivity index (χ3v) is 4.08. The maximum absolute atomic E-state index is 11.5. The summed E-state index contributed by atoms with van der Waals surface area (Å²) in [5.74, 6) is -0.818. The first-order valence-corrected chi connectivity index (χ1v) is 6.87. The van der Waals surface area contributed by atoms with Crippen molar-refractivity contribution in [2.75, 3.05) is 0 Å². The Labute approximate surface area is 111 Å². The summed E-state index contributed by atoms with van der Waals surface area (Å²) in [6, 6.07) is 9.77. The number of carboxylic acids is 1. The van der Waals surface area contributed by atoms with E-state index in [4.69, 9.17) is 0 Å². The van der Waals surface area contributed by atoms with Crippen molar-refractivity contribution in [2.45, 2.75) is 26.7 Å². The molecule has 1 aromatic carbocycles. The van der Waals surface area contributed by atoms with Gasteiger partial charge in [0.25, 0.3) is 0 Å². The molecule has 0 aliphatic carbocycles. The highest BCUT2D eigenvalue weighted by molar-refractivity contribution is 7.12. The van der Waals surface area contributed by atoms with Gasteiger partial charge in [0.2, 0.25) is 0 Å². The molecular formula is C15H16O2S. The molecule has 0 spiro atoms. The summed E-state index contributed by atoms with van der Waals surface area (Å²) in [4.78, 5) is 13.6. The lowest BCUT2D eigenvalue weighted by Gasteiger charge is -2.04. The molecule has 0 fully saturated rings. The molecular weight excluding hydrogens is 244 g/mol. The van der Waals surface area contributed by atoms with E-state index in [1.54, 1.807) is 11.3 Å². The second kappa shape index (κ2) is 5.36. The summed E-state index contributed by atoms with van der Waals surface area (Å²) in [7, 11) is 0. The Morgan fingerprint density at radius 3 is 2.50 bits per heavy atom. The maximum Gasteiger partial charge on any atom is 0.337 e. The predicted molar refractivity (Wildman–Crippen MR) is 75.4 cm³/mol. The Kier molecular flexibility index (Phi) is 3.82. The fourth-order valence-corrected chi connectivity index (χ4v) is 3.47. The standard InChI is InChI=1S/C15H16O2S/c1-3-7-12-14(15(16)17)13(10(2)18-12)11-8-5-4-6-9-11/h4-6,8-9H,3,7H2,1-2H3,(H,16,17). The van der Waals surface area contributed by atoms with Gasteiger partial charge in [-0.2, -0.15) is 0 Å². The minimum Gasteiger partial charge on any atom is -0.478 e. The van der Waals surface area contributed by atoms with Crippen molar-refractivity contribution in [3.8, 4) is 11.1 Å². The number of aryl methyl sites for hydroxylation is 2. The van der Waals surface area contributed by atoms with Crippen LogP contribution in [0.15, 0.2) is 30.3 Å². The number of rotatable bonds is 4. The molecule has 1 aromatic heterocycles. The molecule has 2 nitrogen and oxygen atoms in total. The van der Waals surface area contributed by atoms with Crippen LogP contribution < -0.4 is 0 Å². The molecule has 18 heavy (non-hydrogen) atoms. The lowest BCUT2D eigenvalue weighted by atomic mass is 9.99. The highest BCUT2D eigenvalue weighted by Crippen LogP contribution is 2.36. The van der Waals surface area contributed by atoms with Crippen molar-refractivity contribution in [1.29, 1.82) is 0 Å². The Hall–Kier alpha value is -1.61. The van der Waals surface area contributed by atoms with Gasteiger partial charge in [-0.05, 0) is 18.9 Å². The molecule has 0 amide bonds. The van der Waals surface area contributed by atoms with Crippen molar-refractivity contribution in [2.24, 2.45) is 0 Å². The van der Waals surface area contributed by atoms with Gasteiger partial charge in [-0.15, -0.1) is 11.3 Å². The lowest BCUT2D eigenvalue weighted by molar-refractivity contribution is 0.0697. The molecule has 0 saturated heterocycles. The maximum atomic E-state index is 11.5. The lowest BCUT2D eigenvalue weighted by Crippen LogP contribution is -2.01. The number of benzene rings is 1. The van der Waals surface area contributed by atoms with Gasteiger partial charge in [0.15, 0.2) is 0 Å². The van der Waals surface area contributed by atoms with Crippen LogP contribution in [0, 0.1) is 6.92 Å². The smallest absolute Gasteiger partial charge is 0.337 e. The monoisotopic (exact) mass is 260 g/mol. The molecule has 2 rings (SSSR count). The van der Waals surface area contributed by atoms with Crippen LogP contribution in [0.4, 0.5) is 0 Å². The Morgan fingerprint density at radius 2 is 1.94 bits per heavy atom. The first kappa shape index (κ1) is 12.8. The molecule has 1 heterocycles. The van der Waals surface area contributed by atoms with E-state index in [0.717, 1.165) is 33.7 Å². The fraction of sp³-hybridized carbons (Fsp3) is 0.267. The highest BCUT2D eigenvalue weighted by Gasteiger charge is 2.21. The van der Waals surface area contributed by atoms with Gasteiger partial charge in [-0.3, -0.25) is 0 Å². The molecule has 0 atom stereocenters. The fourth-order valence-electron chi connectivity index (χ4n) is 2.18. The van der Waals surface area contributed by atoms with Crippen molar-refractivity contribution < 1.29 is 9.90 Å². The third-order valence-electron chi connectivity index (χ3n) is 2.91. The van der Waals surface area contributed by atoms with Crippen molar-refractivity contribution in [1.82, 2.24) is 0 Å². The molecule has 1 N–H and O–H groups in total. The number of aromatic carboxylic acids is 1. The predicted octanol–water partition coefficient (Wildman–Crippen LogP) is 4.37. The molecule has 0 bridgehead atoms. The highest BCUT2D eigenvalue weighted by atomic mass is 32.1. The van der Waals surface area contributed by atoms with E-state index < -0.39 is 5.97 Å². The zero-order valence-electron chi connectivity index (χ0n) is 10.6. The van der Waals surface area contributed by atoms with E-state index in [1.165, 1.54) is 0 Å². The van der Waals surface area contributed by atoms with Crippen LogP contribution in [0.1, 0.15) is 33.5 Å². The zero-order chi connectivity index (χ0) is 13.1. The SMILES string of the molecule is CCCc1sc(C)c(-c2ccccc2)c1C(=O)O. The zero-order valence-corrected chi connectivity index (χ0v) is 11.4. The minimum atomic E-state index is -0.818. The normalized spacial score (nSPS) is 10.6. The average molecular weight is 260 g/mol. The molecule has 0 radical (unpaired) electrons. The largest absolute Gasteiger partial charge is 0.478 e. The molecule has 0 aliphatic rings. The van der Waals surface area contributed by atoms with Crippen molar-refractivity contribution >= 4 is 17.3 Å². The summed E-state index contributed by atoms with van der Waals surface area (Å²) < 4.78 is 0.